The minimum Gasteiger partial charge on any atom is -0.458 e. The van der Waals surface area contributed by atoms with E-state index in [2.05, 4.69) is 37.5 Å². The lowest BCUT2D eigenvalue weighted by Crippen LogP contribution is -2.28. The van der Waals surface area contributed by atoms with Crippen LogP contribution >= 0.6 is 0 Å². The molecule has 4 rings (SSSR count). The molecule has 0 spiro atoms. The number of hydrogen-bond donors (Lipinski definition) is 1. The molecular formula is C37H38N8O4. The van der Waals surface area contributed by atoms with Gasteiger partial charge in [-0.15, -0.1) is 0 Å². The van der Waals surface area contributed by atoms with Crippen molar-refractivity contribution in [3.05, 3.63) is 108 Å². The Morgan fingerprint density at radius 2 is 0.980 bits per heavy atom. The molecule has 0 atom stereocenters. The predicted octanol–water partition coefficient (Wildman–Crippen LogP) is 7.72. The van der Waals surface area contributed by atoms with Crippen LogP contribution in [-0.4, -0.2) is 56.3 Å². The number of ketones is 1. The van der Waals surface area contributed by atoms with Crippen LogP contribution in [-0.2, 0) is 14.3 Å². The van der Waals surface area contributed by atoms with Crippen LogP contribution in [0.1, 0.15) is 31.9 Å². The Kier molecular flexibility index (Phi) is 15.3. The maximum atomic E-state index is 11.2. The molecule has 0 aliphatic rings. The molecule has 0 aliphatic heterocycles. The quantitative estimate of drug-likeness (QED) is 0.0816. The Balaban J connectivity index is 0.000000271. The van der Waals surface area contributed by atoms with Crippen molar-refractivity contribution in [2.24, 2.45) is 20.5 Å². The first-order chi connectivity index (χ1) is 23.8. The van der Waals surface area contributed by atoms with Gasteiger partial charge >= 0.3 is 5.97 Å². The highest BCUT2D eigenvalue weighted by Gasteiger charge is 2.10. The summed E-state index contributed by atoms with van der Waals surface area (Å²) in [6, 6.07) is 33.1. The Labute approximate surface area is 286 Å². The lowest BCUT2D eigenvalue weighted by molar-refractivity contribution is -0.152. The lowest BCUT2D eigenvalue weighted by Gasteiger charge is -2.22. The van der Waals surface area contributed by atoms with Gasteiger partial charge in [0.05, 0.1) is 59.2 Å². The summed E-state index contributed by atoms with van der Waals surface area (Å²) in [5.41, 5.74) is 6.01. The van der Waals surface area contributed by atoms with Crippen LogP contribution in [0, 0.1) is 22.7 Å². The molecule has 0 bridgehead atoms. The van der Waals surface area contributed by atoms with Crippen molar-refractivity contribution in [1.29, 1.82) is 10.5 Å². The summed E-state index contributed by atoms with van der Waals surface area (Å²) in [5.74, 6) is -1.42. The van der Waals surface area contributed by atoms with Gasteiger partial charge in [-0.1, -0.05) is 0 Å². The van der Waals surface area contributed by atoms with Gasteiger partial charge in [0.2, 0.25) is 5.78 Å². The number of likely N-dealkylation sites (N-methyl/N-ethyl adjacent to an activating group) is 2. The van der Waals surface area contributed by atoms with E-state index in [0.29, 0.717) is 41.3 Å². The number of hydrogen-bond acceptors (Lipinski definition) is 12. The number of nitriles is 2. The van der Waals surface area contributed by atoms with E-state index in [1.54, 1.807) is 48.5 Å². The topological polar surface area (TPSA) is 167 Å². The first kappa shape index (κ1) is 37.2. The second-order valence-electron chi connectivity index (χ2n) is 10.3. The van der Waals surface area contributed by atoms with E-state index in [1.807, 2.05) is 67.3 Å². The fraction of sp³-hybridized carbons (Fsp3) is 0.243. The van der Waals surface area contributed by atoms with Crippen molar-refractivity contribution in [2.75, 3.05) is 49.2 Å². The molecular weight excluding hydrogens is 620 g/mol. The third-order valence-corrected chi connectivity index (χ3v) is 7.00. The molecule has 49 heavy (non-hydrogen) atoms. The normalized spacial score (nSPS) is 10.5. The summed E-state index contributed by atoms with van der Waals surface area (Å²) in [6.45, 7) is 8.17. The molecule has 0 aromatic heterocycles. The third kappa shape index (κ3) is 12.5. The monoisotopic (exact) mass is 658 g/mol. The second-order valence-corrected chi connectivity index (χ2v) is 10.3. The number of carbonyl (C=O) groups is 2. The van der Waals surface area contributed by atoms with Crippen molar-refractivity contribution in [2.45, 2.75) is 20.8 Å². The SMILES string of the molecule is CCN(CCO)c1ccc(N=Nc2ccc(C#N)cc2)cc1.CCN(CCOC(=O)C(C)=O)c1ccc(N=Nc2ccc(C#N)cc2)cc1. The average Bonchev–Trinajstić information content (AvgIpc) is 3.15. The Morgan fingerprint density at radius 3 is 1.29 bits per heavy atom. The number of aliphatic hydroxyl groups is 1. The standard InChI is InChI=1S/C20H20N4O3.C17H18N4O/c1-3-24(12-13-27-20(26)15(2)25)19-10-8-18(9-11-19)23-22-17-6-4-16(14-21)5-7-17;1-2-21(11-12-22)17-9-7-16(8-10-17)20-19-15-5-3-14(13-18)4-6-15/h4-11H,3,12-13H2,1-2H3;3-10,22H,2,11-12H2,1H3. The number of esters is 1. The summed E-state index contributed by atoms with van der Waals surface area (Å²) in [6.07, 6.45) is 0. The first-order valence-corrected chi connectivity index (χ1v) is 15.6. The zero-order valence-corrected chi connectivity index (χ0v) is 27.7. The Hall–Kier alpha value is -6.24. The smallest absolute Gasteiger partial charge is 0.374 e. The average molecular weight is 659 g/mol. The summed E-state index contributed by atoms with van der Waals surface area (Å²) < 4.78 is 4.90. The number of rotatable bonds is 14. The maximum absolute atomic E-state index is 11.2. The molecule has 0 aliphatic carbocycles. The van der Waals surface area contributed by atoms with Crippen molar-refractivity contribution < 1.29 is 19.4 Å². The molecule has 12 heteroatoms. The molecule has 0 saturated heterocycles. The lowest BCUT2D eigenvalue weighted by atomic mass is 10.2. The Morgan fingerprint density at radius 1 is 0.633 bits per heavy atom. The third-order valence-electron chi connectivity index (χ3n) is 7.00. The number of aliphatic hydroxyl groups excluding tert-OH is 1. The van der Waals surface area contributed by atoms with E-state index < -0.39 is 11.8 Å². The summed E-state index contributed by atoms with van der Waals surface area (Å²) >= 11 is 0. The maximum Gasteiger partial charge on any atom is 0.374 e. The molecule has 0 heterocycles. The van der Waals surface area contributed by atoms with Gasteiger partial charge in [-0.3, -0.25) is 4.79 Å². The molecule has 1 N–H and O–H groups in total. The Bertz CT molecular complexity index is 1780. The van der Waals surface area contributed by atoms with Crippen LogP contribution in [0.15, 0.2) is 118 Å². The van der Waals surface area contributed by atoms with Gasteiger partial charge in [0, 0.05) is 37.9 Å². The number of carbonyl (C=O) groups excluding carboxylic acids is 2. The van der Waals surface area contributed by atoms with Crippen molar-refractivity contribution >= 4 is 45.9 Å². The van der Waals surface area contributed by atoms with E-state index in [9.17, 15) is 9.59 Å². The number of benzene rings is 4. The van der Waals surface area contributed by atoms with Gasteiger partial charge in [0.1, 0.15) is 6.61 Å². The molecule has 12 nitrogen and oxygen atoms in total. The molecule has 4 aromatic rings. The van der Waals surface area contributed by atoms with Crippen LogP contribution in [0.25, 0.3) is 0 Å². The van der Waals surface area contributed by atoms with Gasteiger partial charge in [-0.25, -0.2) is 4.79 Å². The minimum absolute atomic E-state index is 0.133. The largest absolute Gasteiger partial charge is 0.458 e. The zero-order chi connectivity index (χ0) is 35.4. The fourth-order valence-corrected chi connectivity index (χ4v) is 4.31. The highest BCUT2D eigenvalue weighted by Crippen LogP contribution is 2.24. The number of azo groups is 2. The van der Waals surface area contributed by atoms with E-state index in [4.69, 9.17) is 20.4 Å². The zero-order valence-electron chi connectivity index (χ0n) is 27.7. The molecule has 4 aromatic carbocycles. The molecule has 0 amide bonds. The summed E-state index contributed by atoms with van der Waals surface area (Å²) in [4.78, 5) is 26.2. The van der Waals surface area contributed by atoms with Crippen molar-refractivity contribution in [3.63, 3.8) is 0 Å². The first-order valence-electron chi connectivity index (χ1n) is 15.6. The molecule has 0 radical (unpaired) electrons. The van der Waals surface area contributed by atoms with Gasteiger partial charge in [0.25, 0.3) is 0 Å². The van der Waals surface area contributed by atoms with E-state index in [1.165, 1.54) is 6.92 Å². The number of ether oxygens (including phenoxy) is 1. The number of anilines is 2. The number of nitrogens with zero attached hydrogens (tertiary/aromatic N) is 8. The van der Waals surface area contributed by atoms with Crippen LogP contribution in [0.3, 0.4) is 0 Å². The van der Waals surface area contributed by atoms with Crippen LogP contribution in [0.4, 0.5) is 34.1 Å². The predicted molar refractivity (Wildman–Crippen MR) is 188 cm³/mol. The van der Waals surface area contributed by atoms with Crippen LogP contribution in [0.2, 0.25) is 0 Å². The summed E-state index contributed by atoms with van der Waals surface area (Å²) in [7, 11) is 0. The van der Waals surface area contributed by atoms with Gasteiger partial charge in [0.15, 0.2) is 0 Å². The van der Waals surface area contributed by atoms with E-state index >= 15 is 0 Å². The minimum atomic E-state index is -0.815. The highest BCUT2D eigenvalue weighted by molar-refractivity contribution is 6.32. The van der Waals surface area contributed by atoms with Crippen molar-refractivity contribution in [1.82, 2.24) is 0 Å². The fourth-order valence-electron chi connectivity index (χ4n) is 4.31. The molecule has 0 fully saturated rings. The summed E-state index contributed by atoms with van der Waals surface area (Å²) in [5, 5.41) is 43.2. The van der Waals surface area contributed by atoms with Crippen molar-refractivity contribution in [3.8, 4) is 12.1 Å². The molecule has 250 valence electrons. The van der Waals surface area contributed by atoms with Crippen LogP contribution < -0.4 is 9.80 Å². The molecule has 0 unspecified atom stereocenters. The van der Waals surface area contributed by atoms with E-state index in [0.717, 1.165) is 30.2 Å². The van der Waals surface area contributed by atoms with Gasteiger partial charge in [-0.05, 0) is 111 Å². The highest BCUT2D eigenvalue weighted by atomic mass is 16.5. The molecule has 0 saturated carbocycles. The van der Waals surface area contributed by atoms with E-state index in [-0.39, 0.29) is 13.2 Å². The second kappa shape index (κ2) is 20.1. The van der Waals surface area contributed by atoms with Gasteiger partial charge < -0.3 is 19.6 Å². The van der Waals surface area contributed by atoms with Crippen LogP contribution in [0.5, 0.6) is 0 Å². The number of Topliss-reactive ketones (excluding diaryl/α,β-unsaturated/α-hetero) is 1. The van der Waals surface area contributed by atoms with Gasteiger partial charge in [-0.2, -0.15) is 31.0 Å².